The Hall–Kier alpha value is -2.28. The summed E-state index contributed by atoms with van der Waals surface area (Å²) in [7, 11) is 0. The van der Waals surface area contributed by atoms with Crippen LogP contribution in [0.3, 0.4) is 0 Å². The summed E-state index contributed by atoms with van der Waals surface area (Å²) in [5.41, 5.74) is 2.26. The van der Waals surface area contributed by atoms with Gasteiger partial charge in [-0.1, -0.05) is 25.5 Å². The average Bonchev–Trinajstić information content (AvgIpc) is 2.48. The van der Waals surface area contributed by atoms with Crippen LogP contribution in [0.25, 0.3) is 0 Å². The number of hydrogen-bond acceptors (Lipinski definition) is 3. The molecule has 0 atom stereocenters. The molecule has 1 rings (SSSR count). The Balaban J connectivity index is 2.88. The topological polar surface area (TPSA) is 56.1 Å². The molecule has 0 spiro atoms. The van der Waals surface area contributed by atoms with E-state index in [4.69, 9.17) is 0 Å². The van der Waals surface area contributed by atoms with Crippen LogP contribution in [0.15, 0.2) is 36.0 Å². The van der Waals surface area contributed by atoms with Crippen LogP contribution >= 0.6 is 0 Å². The molecule has 0 aromatic heterocycles. The van der Waals surface area contributed by atoms with Gasteiger partial charge in [0.05, 0.1) is 0 Å². The van der Waals surface area contributed by atoms with Crippen LogP contribution in [0.4, 0.5) is 5.69 Å². The van der Waals surface area contributed by atoms with Crippen molar-refractivity contribution in [1.29, 1.82) is 5.26 Å². The van der Waals surface area contributed by atoms with Crippen LogP contribution in [0.2, 0.25) is 0 Å². The number of nitrogens with one attached hydrogen (secondary N) is 1. The highest BCUT2D eigenvalue weighted by Crippen LogP contribution is 2.17. The van der Waals surface area contributed by atoms with E-state index in [-0.39, 0.29) is 11.5 Å². The molecular formula is C17H23N3O. The van der Waals surface area contributed by atoms with Gasteiger partial charge in [0.1, 0.15) is 11.6 Å². The summed E-state index contributed by atoms with van der Waals surface area (Å²) in [5, 5.41) is 12.0. The number of anilines is 1. The molecule has 112 valence electrons. The fraction of sp³-hybridized carbons (Fsp3) is 0.412. The third kappa shape index (κ3) is 5.31. The number of nitrogens with zero attached hydrogens (tertiary/aromatic N) is 2. The second-order valence-corrected chi connectivity index (χ2v) is 4.89. The van der Waals surface area contributed by atoms with Gasteiger partial charge in [-0.15, -0.1) is 0 Å². The van der Waals surface area contributed by atoms with E-state index in [1.807, 2.05) is 49.1 Å². The molecule has 0 heterocycles. The molecule has 0 saturated carbocycles. The minimum absolute atomic E-state index is 0.134. The Morgan fingerprint density at radius 2 is 2.19 bits per heavy atom. The number of unbranched alkanes of at least 4 members (excludes halogenated alkanes) is 1. The van der Waals surface area contributed by atoms with Crippen molar-refractivity contribution < 1.29 is 4.79 Å². The first-order chi connectivity index (χ1) is 10.1. The number of aryl methyl sites for hydroxylation is 1. The zero-order chi connectivity index (χ0) is 15.7. The van der Waals surface area contributed by atoms with E-state index in [0.29, 0.717) is 13.1 Å². The van der Waals surface area contributed by atoms with Crippen molar-refractivity contribution in [2.24, 2.45) is 0 Å². The zero-order valence-corrected chi connectivity index (χ0v) is 13.0. The standard InChI is InChI=1S/C17H23N3O/c1-4-6-10-19-17(21)15(12-18)13-20(5-2)16-9-7-8-14(3)11-16/h7-9,11,13H,4-6,10H2,1-3H3,(H,19,21)/b15-13-. The highest BCUT2D eigenvalue weighted by molar-refractivity contribution is 5.97. The van der Waals surface area contributed by atoms with Gasteiger partial charge in [0.2, 0.25) is 0 Å². The van der Waals surface area contributed by atoms with Crippen LogP contribution in [-0.2, 0) is 4.79 Å². The summed E-state index contributed by atoms with van der Waals surface area (Å²) in [5.74, 6) is -0.308. The van der Waals surface area contributed by atoms with Crippen molar-refractivity contribution in [3.05, 3.63) is 41.6 Å². The number of carbonyl (C=O) groups excluding carboxylic acids is 1. The first-order valence-corrected chi connectivity index (χ1v) is 7.35. The molecule has 0 bridgehead atoms. The van der Waals surface area contributed by atoms with Gasteiger partial charge in [0.15, 0.2) is 0 Å². The lowest BCUT2D eigenvalue weighted by Crippen LogP contribution is -2.27. The maximum Gasteiger partial charge on any atom is 0.263 e. The van der Waals surface area contributed by atoms with Crippen molar-refractivity contribution in [2.45, 2.75) is 33.6 Å². The minimum atomic E-state index is -0.308. The molecule has 0 radical (unpaired) electrons. The number of carbonyl (C=O) groups is 1. The van der Waals surface area contributed by atoms with Gasteiger partial charge in [-0.2, -0.15) is 5.26 Å². The van der Waals surface area contributed by atoms with Crippen molar-refractivity contribution in [3.63, 3.8) is 0 Å². The van der Waals surface area contributed by atoms with E-state index in [9.17, 15) is 10.1 Å². The molecule has 4 nitrogen and oxygen atoms in total. The number of hydrogen-bond donors (Lipinski definition) is 1. The summed E-state index contributed by atoms with van der Waals surface area (Å²) in [6.07, 6.45) is 3.55. The molecule has 4 heteroatoms. The first-order valence-electron chi connectivity index (χ1n) is 7.35. The van der Waals surface area contributed by atoms with Crippen molar-refractivity contribution in [3.8, 4) is 6.07 Å². The molecule has 1 aromatic rings. The fourth-order valence-corrected chi connectivity index (χ4v) is 1.92. The lowest BCUT2D eigenvalue weighted by atomic mass is 10.2. The summed E-state index contributed by atoms with van der Waals surface area (Å²) in [4.78, 5) is 13.9. The summed E-state index contributed by atoms with van der Waals surface area (Å²) in [6, 6.07) is 9.97. The average molecular weight is 285 g/mol. The third-order valence-electron chi connectivity index (χ3n) is 3.14. The predicted octanol–water partition coefficient (Wildman–Crippen LogP) is 3.15. The number of rotatable bonds is 7. The van der Waals surface area contributed by atoms with E-state index in [1.54, 1.807) is 6.20 Å². The van der Waals surface area contributed by atoms with Gasteiger partial charge in [0, 0.05) is 25.0 Å². The summed E-state index contributed by atoms with van der Waals surface area (Å²) >= 11 is 0. The molecule has 0 fully saturated rings. The van der Waals surface area contributed by atoms with Crippen molar-refractivity contribution in [2.75, 3.05) is 18.0 Å². The van der Waals surface area contributed by atoms with Gasteiger partial charge in [-0.05, 0) is 38.0 Å². The Bertz CT molecular complexity index is 543. The summed E-state index contributed by atoms with van der Waals surface area (Å²) < 4.78 is 0. The third-order valence-corrected chi connectivity index (χ3v) is 3.14. The SMILES string of the molecule is CCCCNC(=O)/C(C#N)=C\N(CC)c1cccc(C)c1. The van der Waals surface area contributed by atoms with Crippen LogP contribution < -0.4 is 10.2 Å². The molecule has 0 aliphatic carbocycles. The Morgan fingerprint density at radius 1 is 1.43 bits per heavy atom. The maximum atomic E-state index is 12.0. The van der Waals surface area contributed by atoms with E-state index in [1.165, 1.54) is 0 Å². The highest BCUT2D eigenvalue weighted by atomic mass is 16.1. The van der Waals surface area contributed by atoms with Gasteiger partial charge in [-0.3, -0.25) is 4.79 Å². The fourth-order valence-electron chi connectivity index (χ4n) is 1.92. The lowest BCUT2D eigenvalue weighted by molar-refractivity contribution is -0.117. The largest absolute Gasteiger partial charge is 0.351 e. The van der Waals surface area contributed by atoms with Crippen LogP contribution in [0.1, 0.15) is 32.3 Å². The van der Waals surface area contributed by atoms with Crippen LogP contribution in [-0.4, -0.2) is 19.0 Å². The Labute approximate surface area is 127 Å². The van der Waals surface area contributed by atoms with Gasteiger partial charge < -0.3 is 10.2 Å². The monoisotopic (exact) mass is 285 g/mol. The van der Waals surface area contributed by atoms with E-state index in [2.05, 4.69) is 12.2 Å². The highest BCUT2D eigenvalue weighted by Gasteiger charge is 2.11. The molecule has 1 aromatic carbocycles. The molecular weight excluding hydrogens is 262 g/mol. The van der Waals surface area contributed by atoms with Crippen LogP contribution in [0, 0.1) is 18.3 Å². The zero-order valence-electron chi connectivity index (χ0n) is 13.0. The quantitative estimate of drug-likeness (QED) is 0.475. The predicted molar refractivity (Wildman–Crippen MR) is 85.8 cm³/mol. The molecule has 0 unspecified atom stereocenters. The second-order valence-electron chi connectivity index (χ2n) is 4.89. The number of nitriles is 1. The smallest absolute Gasteiger partial charge is 0.263 e. The lowest BCUT2D eigenvalue weighted by Gasteiger charge is -2.19. The Kier molecular flexibility index (Phi) is 7.03. The number of amides is 1. The summed E-state index contributed by atoms with van der Waals surface area (Å²) in [6.45, 7) is 7.36. The van der Waals surface area contributed by atoms with E-state index in [0.717, 1.165) is 24.1 Å². The number of benzene rings is 1. The van der Waals surface area contributed by atoms with Crippen LogP contribution in [0.5, 0.6) is 0 Å². The van der Waals surface area contributed by atoms with E-state index >= 15 is 0 Å². The molecule has 0 saturated heterocycles. The maximum absolute atomic E-state index is 12.0. The normalized spacial score (nSPS) is 10.9. The Morgan fingerprint density at radius 3 is 2.76 bits per heavy atom. The molecule has 0 aliphatic heterocycles. The molecule has 21 heavy (non-hydrogen) atoms. The van der Waals surface area contributed by atoms with Gasteiger partial charge in [0.25, 0.3) is 5.91 Å². The van der Waals surface area contributed by atoms with E-state index < -0.39 is 0 Å². The minimum Gasteiger partial charge on any atom is -0.351 e. The molecule has 1 amide bonds. The molecule has 0 aliphatic rings. The molecule has 1 N–H and O–H groups in total. The van der Waals surface area contributed by atoms with Crippen molar-refractivity contribution in [1.82, 2.24) is 5.32 Å². The second kappa shape index (κ2) is 8.80. The van der Waals surface area contributed by atoms with Gasteiger partial charge >= 0.3 is 0 Å². The van der Waals surface area contributed by atoms with Crippen molar-refractivity contribution >= 4 is 11.6 Å². The first kappa shape index (κ1) is 16.8. The van der Waals surface area contributed by atoms with Gasteiger partial charge in [-0.25, -0.2) is 0 Å².